The fraction of sp³-hybridized carbons (Fsp3) is 0.833. The van der Waals surface area contributed by atoms with Crippen LogP contribution in [0.15, 0.2) is 18.7 Å². The lowest BCUT2D eigenvalue weighted by Crippen LogP contribution is -2.51. The van der Waals surface area contributed by atoms with E-state index in [4.69, 9.17) is 0 Å². The molecule has 0 unspecified atom stereocenters. The number of imidazole rings is 1. The average Bonchev–Trinajstić information content (AvgIpc) is 3.27. The minimum Gasteiger partial charge on any atom is -0.390 e. The van der Waals surface area contributed by atoms with E-state index in [-0.39, 0.29) is 11.3 Å². The van der Waals surface area contributed by atoms with Crippen LogP contribution in [0.25, 0.3) is 0 Å². The molecule has 0 spiro atoms. The number of ketones is 1. The lowest BCUT2D eigenvalue weighted by molar-refractivity contribution is -0.132. The normalized spacial score (nSPS) is 47.8. The first kappa shape index (κ1) is 18.8. The Kier molecular flexibility index (Phi) is 4.50. The van der Waals surface area contributed by atoms with Gasteiger partial charge in [-0.05, 0) is 99.7 Å². The van der Waals surface area contributed by atoms with E-state index >= 15 is 0 Å². The van der Waals surface area contributed by atoms with Gasteiger partial charge in [0.05, 0.1) is 18.5 Å². The highest BCUT2D eigenvalue weighted by molar-refractivity contribution is 5.82. The minimum atomic E-state index is -0.435. The summed E-state index contributed by atoms with van der Waals surface area (Å²) in [5.41, 5.74) is -0.235. The topological polar surface area (TPSA) is 55.1 Å². The van der Waals surface area contributed by atoms with Crippen LogP contribution >= 0.6 is 0 Å². The van der Waals surface area contributed by atoms with Crippen LogP contribution in [0.5, 0.6) is 0 Å². The number of aliphatic hydroxyl groups is 1. The average molecular weight is 385 g/mol. The number of hydrogen-bond donors (Lipinski definition) is 1. The molecule has 154 valence electrons. The van der Waals surface area contributed by atoms with Crippen molar-refractivity contribution in [2.75, 3.05) is 0 Å². The van der Waals surface area contributed by atoms with Crippen molar-refractivity contribution in [2.45, 2.75) is 83.8 Å². The Morgan fingerprint density at radius 3 is 2.68 bits per heavy atom. The van der Waals surface area contributed by atoms with Gasteiger partial charge in [0.1, 0.15) is 0 Å². The Balaban J connectivity index is 1.32. The number of aromatic nitrogens is 2. The number of nitrogens with zero attached hydrogens (tertiary/aromatic N) is 2. The molecule has 1 aromatic rings. The number of Topliss-reactive ketones (excluding diaryl/α,β-unsaturated/α-hetero) is 1. The summed E-state index contributed by atoms with van der Waals surface area (Å²) < 4.78 is 1.93. The van der Waals surface area contributed by atoms with Gasteiger partial charge in [0.15, 0.2) is 5.78 Å². The first-order valence-electron chi connectivity index (χ1n) is 11.6. The summed E-state index contributed by atoms with van der Waals surface area (Å²) in [7, 11) is 0. The lowest BCUT2D eigenvalue weighted by Gasteiger charge is -2.56. The Hall–Kier alpha value is -1.16. The zero-order chi connectivity index (χ0) is 19.5. The molecule has 4 heteroatoms. The van der Waals surface area contributed by atoms with Crippen LogP contribution < -0.4 is 0 Å². The van der Waals surface area contributed by atoms with Crippen LogP contribution in [0.1, 0.15) is 71.6 Å². The molecular weight excluding hydrogens is 348 g/mol. The zero-order valence-corrected chi connectivity index (χ0v) is 17.5. The second-order valence-corrected chi connectivity index (χ2v) is 11.1. The molecule has 0 amide bonds. The van der Waals surface area contributed by atoms with Crippen LogP contribution in [0.2, 0.25) is 0 Å². The van der Waals surface area contributed by atoms with Crippen LogP contribution in [0, 0.1) is 40.9 Å². The van der Waals surface area contributed by atoms with Crippen molar-refractivity contribution in [3.63, 3.8) is 0 Å². The maximum Gasteiger partial charge on any atom is 0.156 e. The highest BCUT2D eigenvalue weighted by Crippen LogP contribution is 2.64. The number of carbonyl (C=O) groups is 1. The zero-order valence-electron chi connectivity index (χ0n) is 17.5. The molecule has 1 aromatic heterocycles. The predicted octanol–water partition coefficient (Wildman–Crippen LogP) is 4.47. The minimum absolute atomic E-state index is 0.200. The van der Waals surface area contributed by atoms with E-state index in [0.29, 0.717) is 12.3 Å². The molecule has 0 aliphatic heterocycles. The van der Waals surface area contributed by atoms with Gasteiger partial charge in [-0.3, -0.25) is 4.79 Å². The summed E-state index contributed by atoms with van der Waals surface area (Å²) in [6, 6.07) is 0. The molecule has 0 radical (unpaired) electrons. The Labute approximate surface area is 169 Å². The highest BCUT2D eigenvalue weighted by atomic mass is 16.3. The van der Waals surface area contributed by atoms with Crippen LogP contribution in [-0.4, -0.2) is 26.0 Å². The second kappa shape index (κ2) is 6.68. The molecule has 1 heterocycles. The van der Waals surface area contributed by atoms with E-state index in [1.54, 1.807) is 12.5 Å². The van der Waals surface area contributed by atoms with Crippen LogP contribution in [0.3, 0.4) is 0 Å². The third-order valence-electron chi connectivity index (χ3n) is 9.52. The second-order valence-electron chi connectivity index (χ2n) is 11.1. The quantitative estimate of drug-likeness (QED) is 0.836. The molecular formula is C24H36N2O2. The van der Waals surface area contributed by atoms with Crippen LogP contribution in [0.4, 0.5) is 0 Å². The number of fused-ring (bicyclic) bond motifs is 5. The lowest BCUT2D eigenvalue weighted by atomic mass is 9.49. The van der Waals surface area contributed by atoms with Gasteiger partial charge in [0.25, 0.3) is 0 Å². The molecule has 4 nitrogen and oxygen atoms in total. The van der Waals surface area contributed by atoms with Crippen molar-refractivity contribution in [1.82, 2.24) is 9.55 Å². The van der Waals surface area contributed by atoms with Crippen molar-refractivity contribution < 1.29 is 9.90 Å². The molecule has 8 atom stereocenters. The van der Waals surface area contributed by atoms with Gasteiger partial charge in [-0.1, -0.05) is 6.92 Å². The van der Waals surface area contributed by atoms with Crippen molar-refractivity contribution in [3.8, 4) is 0 Å². The summed E-state index contributed by atoms with van der Waals surface area (Å²) >= 11 is 0. The van der Waals surface area contributed by atoms with Gasteiger partial charge in [0, 0.05) is 18.3 Å². The van der Waals surface area contributed by atoms with Crippen molar-refractivity contribution in [1.29, 1.82) is 0 Å². The Morgan fingerprint density at radius 1 is 1.07 bits per heavy atom. The maximum atomic E-state index is 13.2. The van der Waals surface area contributed by atoms with E-state index in [9.17, 15) is 9.90 Å². The van der Waals surface area contributed by atoms with E-state index in [1.807, 2.05) is 17.7 Å². The van der Waals surface area contributed by atoms with Gasteiger partial charge in [-0.15, -0.1) is 0 Å². The van der Waals surface area contributed by atoms with E-state index in [0.717, 1.165) is 48.9 Å². The summed E-state index contributed by atoms with van der Waals surface area (Å²) in [5.74, 6) is 4.59. The molecule has 0 bridgehead atoms. The van der Waals surface area contributed by atoms with Gasteiger partial charge in [-0.25, -0.2) is 4.98 Å². The summed E-state index contributed by atoms with van der Waals surface area (Å²) in [4.78, 5) is 17.3. The van der Waals surface area contributed by atoms with Crippen molar-refractivity contribution in [2.24, 2.45) is 40.9 Å². The molecule has 4 saturated carbocycles. The number of rotatable bonds is 3. The number of carbonyl (C=O) groups excluding carboxylic acids is 1. The third-order valence-corrected chi connectivity index (χ3v) is 9.52. The first-order chi connectivity index (χ1) is 13.4. The SMILES string of the molecule is C[C@]1(O)CC[C@H]2[C@@H](CC[C@@H]3[C@@H]2CC[C@]2(C)[C@@H](C(=O)Cn4ccnc4)CC[C@@H]32)C1. The van der Waals surface area contributed by atoms with Crippen molar-refractivity contribution >= 4 is 5.78 Å². The third kappa shape index (κ3) is 2.98. The van der Waals surface area contributed by atoms with E-state index in [2.05, 4.69) is 11.9 Å². The molecule has 28 heavy (non-hydrogen) atoms. The van der Waals surface area contributed by atoms with Gasteiger partial charge < -0.3 is 9.67 Å². The molecule has 1 N–H and O–H groups in total. The smallest absolute Gasteiger partial charge is 0.156 e. The summed E-state index contributed by atoms with van der Waals surface area (Å²) in [6.07, 6.45) is 16.1. The van der Waals surface area contributed by atoms with Gasteiger partial charge in [-0.2, -0.15) is 0 Å². The maximum absolute atomic E-state index is 13.2. The van der Waals surface area contributed by atoms with Crippen molar-refractivity contribution in [3.05, 3.63) is 18.7 Å². The first-order valence-corrected chi connectivity index (χ1v) is 11.6. The number of hydrogen-bond acceptors (Lipinski definition) is 3. The van der Waals surface area contributed by atoms with Gasteiger partial charge >= 0.3 is 0 Å². The molecule has 0 aromatic carbocycles. The largest absolute Gasteiger partial charge is 0.390 e. The summed E-state index contributed by atoms with van der Waals surface area (Å²) in [6.45, 7) is 4.97. The molecule has 0 saturated heterocycles. The van der Waals surface area contributed by atoms with Gasteiger partial charge in [0.2, 0.25) is 0 Å². The molecule has 5 rings (SSSR count). The van der Waals surface area contributed by atoms with E-state index < -0.39 is 5.60 Å². The molecule has 4 aliphatic rings. The fourth-order valence-electron chi connectivity index (χ4n) is 8.28. The summed E-state index contributed by atoms with van der Waals surface area (Å²) in [5, 5.41) is 10.6. The Morgan fingerprint density at radius 2 is 1.89 bits per heavy atom. The van der Waals surface area contributed by atoms with E-state index in [1.165, 1.54) is 38.5 Å². The molecule has 4 aliphatic carbocycles. The highest BCUT2D eigenvalue weighted by Gasteiger charge is 2.58. The Bertz CT molecular complexity index is 727. The predicted molar refractivity (Wildman–Crippen MR) is 108 cm³/mol. The standard InChI is InChI=1S/C24H36N2O2/c1-23(28)9-7-17-16(13-23)3-4-19-18(17)8-10-24(2)20(19)5-6-21(24)22(27)14-26-12-11-25-15-26/h11-12,15-21,28H,3-10,13-14H2,1-2H3/t16-,17-,18+,19+,20-,21+,23-,24-/m0/s1. The monoisotopic (exact) mass is 384 g/mol. The fourth-order valence-corrected chi connectivity index (χ4v) is 8.28. The molecule has 4 fully saturated rings. The van der Waals surface area contributed by atoms with Crippen LogP contribution in [-0.2, 0) is 11.3 Å².